The van der Waals surface area contributed by atoms with E-state index in [-0.39, 0.29) is 23.5 Å². The van der Waals surface area contributed by atoms with Crippen molar-refractivity contribution in [1.29, 1.82) is 0 Å². The normalized spacial score (nSPS) is 16.5. The van der Waals surface area contributed by atoms with Crippen LogP contribution in [-0.4, -0.2) is 76.3 Å². The summed E-state index contributed by atoms with van der Waals surface area (Å²) in [5.41, 5.74) is 7.95. The standard InChI is InChI=1S/C22H26FN7O2/c1-28(2)9-4-5-18(31)29-10-8-15(12-29)30-22-19(21(24)25-13-26-22)20(27-30)14-6-7-16(23)17(11-14)32-3/h4-7,11,13,15H,8-10,12H2,1-3H3,(H2,24,25,26). The van der Waals surface area contributed by atoms with Crippen LogP contribution in [0.4, 0.5) is 10.2 Å². The van der Waals surface area contributed by atoms with E-state index in [1.807, 2.05) is 25.1 Å². The zero-order valence-corrected chi connectivity index (χ0v) is 18.3. The molecule has 0 spiro atoms. The lowest BCUT2D eigenvalue weighted by atomic mass is 10.1. The molecule has 168 valence electrons. The first kappa shape index (κ1) is 21.7. The summed E-state index contributed by atoms with van der Waals surface area (Å²) in [5.74, 6) is -0.0835. The summed E-state index contributed by atoms with van der Waals surface area (Å²) in [6.07, 6.45) is 5.60. The minimum atomic E-state index is -0.462. The Bertz CT molecular complexity index is 1170. The average molecular weight is 439 g/mol. The summed E-state index contributed by atoms with van der Waals surface area (Å²) in [5, 5.41) is 5.37. The fourth-order valence-electron chi connectivity index (χ4n) is 3.87. The van der Waals surface area contributed by atoms with Gasteiger partial charge in [0.1, 0.15) is 17.8 Å². The van der Waals surface area contributed by atoms with E-state index >= 15 is 0 Å². The predicted octanol–water partition coefficient (Wildman–Crippen LogP) is 2.11. The molecule has 1 amide bonds. The van der Waals surface area contributed by atoms with Crippen molar-refractivity contribution in [3.8, 4) is 17.0 Å². The smallest absolute Gasteiger partial charge is 0.246 e. The second-order valence-corrected chi connectivity index (χ2v) is 7.99. The molecule has 1 saturated heterocycles. The first-order valence-corrected chi connectivity index (χ1v) is 10.3. The summed E-state index contributed by atoms with van der Waals surface area (Å²) < 4.78 is 20.9. The fourth-order valence-corrected chi connectivity index (χ4v) is 3.87. The van der Waals surface area contributed by atoms with Gasteiger partial charge in [-0.1, -0.05) is 6.08 Å². The van der Waals surface area contributed by atoms with Crippen molar-refractivity contribution in [3.63, 3.8) is 0 Å². The van der Waals surface area contributed by atoms with E-state index in [0.29, 0.717) is 41.9 Å². The molecule has 3 heterocycles. The van der Waals surface area contributed by atoms with E-state index in [0.717, 1.165) is 6.42 Å². The highest BCUT2D eigenvalue weighted by atomic mass is 19.1. The second kappa shape index (κ2) is 8.91. The van der Waals surface area contributed by atoms with Crippen molar-refractivity contribution < 1.29 is 13.9 Å². The van der Waals surface area contributed by atoms with E-state index in [9.17, 15) is 9.18 Å². The van der Waals surface area contributed by atoms with Gasteiger partial charge in [-0.05, 0) is 38.7 Å². The molecule has 1 atom stereocenters. The average Bonchev–Trinajstić information content (AvgIpc) is 3.39. The first-order chi connectivity index (χ1) is 15.4. The van der Waals surface area contributed by atoms with Gasteiger partial charge in [0.25, 0.3) is 0 Å². The Morgan fingerprint density at radius 3 is 2.94 bits per heavy atom. The minimum Gasteiger partial charge on any atom is -0.494 e. The number of methoxy groups -OCH3 is 1. The molecule has 9 nitrogen and oxygen atoms in total. The number of ether oxygens (including phenoxy) is 1. The van der Waals surface area contributed by atoms with Crippen molar-refractivity contribution in [2.45, 2.75) is 12.5 Å². The topological polar surface area (TPSA) is 102 Å². The van der Waals surface area contributed by atoms with Gasteiger partial charge >= 0.3 is 0 Å². The van der Waals surface area contributed by atoms with Crippen LogP contribution in [0.25, 0.3) is 22.3 Å². The molecule has 1 aromatic carbocycles. The highest BCUT2D eigenvalue weighted by Gasteiger charge is 2.30. The molecule has 3 aromatic rings. The van der Waals surface area contributed by atoms with Crippen molar-refractivity contribution in [2.24, 2.45) is 0 Å². The van der Waals surface area contributed by atoms with Crippen LogP contribution in [-0.2, 0) is 4.79 Å². The van der Waals surface area contributed by atoms with Crippen LogP contribution in [0.15, 0.2) is 36.7 Å². The Morgan fingerprint density at radius 2 is 2.19 bits per heavy atom. The lowest BCUT2D eigenvalue weighted by molar-refractivity contribution is -0.125. The Balaban J connectivity index is 1.67. The number of halogens is 1. The van der Waals surface area contributed by atoms with Crippen molar-refractivity contribution in [3.05, 3.63) is 42.5 Å². The number of carbonyl (C=O) groups is 1. The van der Waals surface area contributed by atoms with Crippen LogP contribution >= 0.6 is 0 Å². The molecule has 2 N–H and O–H groups in total. The first-order valence-electron chi connectivity index (χ1n) is 10.3. The number of carbonyl (C=O) groups excluding carboxylic acids is 1. The highest BCUT2D eigenvalue weighted by Crippen LogP contribution is 2.35. The maximum absolute atomic E-state index is 13.9. The SMILES string of the molecule is COc1cc(-c2nn(C3CCN(C(=O)C=CCN(C)C)C3)c3ncnc(N)c23)ccc1F. The second-order valence-electron chi connectivity index (χ2n) is 7.99. The van der Waals surface area contributed by atoms with Crippen molar-refractivity contribution in [1.82, 2.24) is 29.5 Å². The van der Waals surface area contributed by atoms with Gasteiger partial charge in [0, 0.05) is 31.3 Å². The largest absolute Gasteiger partial charge is 0.494 e. The number of benzene rings is 1. The summed E-state index contributed by atoms with van der Waals surface area (Å²) in [4.78, 5) is 24.9. The van der Waals surface area contributed by atoms with Crippen molar-refractivity contribution >= 4 is 22.8 Å². The Kier molecular flexibility index (Phi) is 6.04. The predicted molar refractivity (Wildman–Crippen MR) is 120 cm³/mol. The van der Waals surface area contributed by atoms with E-state index in [1.54, 1.807) is 27.8 Å². The van der Waals surface area contributed by atoms with E-state index in [4.69, 9.17) is 15.6 Å². The third-order valence-corrected chi connectivity index (χ3v) is 5.49. The molecule has 4 rings (SSSR count). The molecule has 2 aromatic heterocycles. The number of fused-ring (bicyclic) bond motifs is 1. The van der Waals surface area contributed by atoms with Gasteiger partial charge in [0.2, 0.25) is 5.91 Å². The molecule has 0 bridgehead atoms. The van der Waals surface area contributed by atoms with Gasteiger partial charge in [-0.15, -0.1) is 0 Å². The molecule has 1 aliphatic rings. The van der Waals surface area contributed by atoms with Crippen LogP contribution in [0.5, 0.6) is 5.75 Å². The van der Waals surface area contributed by atoms with Crippen LogP contribution in [0.2, 0.25) is 0 Å². The maximum Gasteiger partial charge on any atom is 0.246 e. The van der Waals surface area contributed by atoms with Gasteiger partial charge in [-0.25, -0.2) is 19.0 Å². The third-order valence-electron chi connectivity index (χ3n) is 5.49. The van der Waals surface area contributed by atoms with E-state index in [2.05, 4.69) is 9.97 Å². The summed E-state index contributed by atoms with van der Waals surface area (Å²) in [6, 6.07) is 4.47. The number of likely N-dealkylation sites (tertiary alicyclic amines) is 1. The van der Waals surface area contributed by atoms with Gasteiger partial charge in [-0.3, -0.25) is 4.79 Å². The number of likely N-dealkylation sites (N-methyl/N-ethyl adjacent to an activating group) is 1. The maximum atomic E-state index is 13.9. The fraction of sp³-hybridized carbons (Fsp3) is 0.364. The molecular weight excluding hydrogens is 413 g/mol. The number of nitrogens with zero attached hydrogens (tertiary/aromatic N) is 6. The van der Waals surface area contributed by atoms with Gasteiger partial charge < -0.3 is 20.3 Å². The lowest BCUT2D eigenvalue weighted by Crippen LogP contribution is -2.28. The molecule has 0 radical (unpaired) electrons. The molecular formula is C22H26FN7O2. The quantitative estimate of drug-likeness (QED) is 0.587. The third kappa shape index (κ3) is 4.13. The zero-order valence-electron chi connectivity index (χ0n) is 18.3. The minimum absolute atomic E-state index is 0.0246. The highest BCUT2D eigenvalue weighted by molar-refractivity contribution is 5.98. The molecule has 1 aliphatic heterocycles. The van der Waals surface area contributed by atoms with Crippen LogP contribution in [0.1, 0.15) is 12.5 Å². The van der Waals surface area contributed by atoms with E-state index in [1.165, 1.54) is 19.5 Å². The number of aromatic nitrogens is 4. The van der Waals surface area contributed by atoms with Crippen LogP contribution in [0.3, 0.4) is 0 Å². The van der Waals surface area contributed by atoms with E-state index < -0.39 is 5.82 Å². The summed E-state index contributed by atoms with van der Waals surface area (Å²) in [6.45, 7) is 1.84. The van der Waals surface area contributed by atoms with Gasteiger partial charge in [0.05, 0.1) is 18.5 Å². The van der Waals surface area contributed by atoms with Crippen molar-refractivity contribution in [2.75, 3.05) is 46.6 Å². The Hall–Kier alpha value is -3.53. The molecule has 0 saturated carbocycles. The monoisotopic (exact) mass is 439 g/mol. The molecule has 1 fully saturated rings. The zero-order chi connectivity index (χ0) is 22.8. The number of nitrogens with two attached hydrogens (primary N) is 1. The van der Waals surface area contributed by atoms with Gasteiger partial charge in [-0.2, -0.15) is 5.10 Å². The Morgan fingerprint density at radius 1 is 1.38 bits per heavy atom. The summed E-state index contributed by atoms with van der Waals surface area (Å²) in [7, 11) is 5.31. The van der Waals surface area contributed by atoms with Crippen LogP contribution in [0, 0.1) is 5.82 Å². The molecule has 10 heteroatoms. The molecule has 0 aliphatic carbocycles. The summed E-state index contributed by atoms with van der Waals surface area (Å²) >= 11 is 0. The lowest BCUT2D eigenvalue weighted by Gasteiger charge is -2.15. The molecule has 32 heavy (non-hydrogen) atoms. The number of rotatable bonds is 6. The van der Waals surface area contributed by atoms with Crippen LogP contribution < -0.4 is 10.5 Å². The number of hydrogen-bond acceptors (Lipinski definition) is 7. The number of anilines is 1. The Labute approximate surface area is 185 Å². The van der Waals surface area contributed by atoms with Gasteiger partial charge in [0.15, 0.2) is 17.2 Å². The molecule has 1 unspecified atom stereocenters. The number of hydrogen-bond donors (Lipinski definition) is 1. The number of nitrogen functional groups attached to an aromatic ring is 1. The number of amides is 1.